The van der Waals surface area contributed by atoms with Crippen molar-refractivity contribution < 1.29 is 9.32 Å². The Bertz CT molecular complexity index is 1040. The largest absolute Gasteiger partial charge is 0.422 e. The molecule has 3 aromatic rings. The van der Waals surface area contributed by atoms with Crippen LogP contribution >= 0.6 is 11.6 Å². The zero-order valence-corrected chi connectivity index (χ0v) is 16.5. The van der Waals surface area contributed by atoms with Gasteiger partial charge in [0.25, 0.3) is 0 Å². The van der Waals surface area contributed by atoms with Gasteiger partial charge in [-0.3, -0.25) is 0 Å². The minimum Gasteiger partial charge on any atom is -0.422 e. The third-order valence-corrected chi connectivity index (χ3v) is 5.94. The quantitative estimate of drug-likeness (QED) is 0.706. The van der Waals surface area contributed by atoms with E-state index in [1.54, 1.807) is 6.07 Å². The molecule has 0 saturated carbocycles. The molecule has 2 heterocycles. The number of halogens is 1. The average molecular weight is 384 g/mol. The summed E-state index contributed by atoms with van der Waals surface area (Å²) in [5.74, 6) is 0. The minimum absolute atomic E-state index is 0.264. The summed E-state index contributed by atoms with van der Waals surface area (Å²) in [5.41, 5.74) is 4.83. The molecule has 0 aliphatic carbocycles. The summed E-state index contributed by atoms with van der Waals surface area (Å²) < 4.78 is 5.50. The molecule has 0 bridgehead atoms. The topological polar surface area (TPSA) is 37.9 Å². The molecule has 1 saturated heterocycles. The average Bonchev–Trinajstić information content (AvgIpc) is 2.66. The summed E-state index contributed by atoms with van der Waals surface area (Å²) in [4.78, 5) is 15.9. The number of benzene rings is 2. The second kappa shape index (κ2) is 7.37. The zero-order valence-electron chi connectivity index (χ0n) is 15.7. The number of hydrogen-bond acceptors (Lipinski definition) is 3. The first kappa shape index (κ1) is 18.1. The van der Waals surface area contributed by atoms with Crippen LogP contribution in [0.4, 0.5) is 5.69 Å². The maximum atomic E-state index is 12.1. The van der Waals surface area contributed by atoms with Crippen LogP contribution in [0.25, 0.3) is 11.0 Å². The lowest BCUT2D eigenvalue weighted by molar-refractivity contribution is -0.914. The number of quaternary nitrogens is 1. The summed E-state index contributed by atoms with van der Waals surface area (Å²) in [6.07, 6.45) is 0. The van der Waals surface area contributed by atoms with Crippen LogP contribution in [-0.2, 0) is 6.54 Å². The van der Waals surface area contributed by atoms with Gasteiger partial charge in [-0.1, -0.05) is 35.9 Å². The molecular formula is C22H24ClN2O2+. The van der Waals surface area contributed by atoms with Crippen molar-refractivity contribution >= 4 is 28.3 Å². The second-order valence-electron chi connectivity index (χ2n) is 7.34. The number of fused-ring (bicyclic) bond motifs is 1. The Morgan fingerprint density at radius 1 is 1.11 bits per heavy atom. The van der Waals surface area contributed by atoms with Crippen molar-refractivity contribution in [3.63, 3.8) is 0 Å². The number of nitrogens with one attached hydrogen (secondary N) is 1. The van der Waals surface area contributed by atoms with Gasteiger partial charge in [-0.15, -0.1) is 0 Å². The SMILES string of the molecule is Cc1ccc2c(C[NH+]3CCN(c4ccccc4Cl)CC3)cc(=O)oc2c1C. The van der Waals surface area contributed by atoms with E-state index in [1.807, 2.05) is 32.0 Å². The molecule has 0 unspecified atom stereocenters. The van der Waals surface area contributed by atoms with Gasteiger partial charge in [0.1, 0.15) is 12.1 Å². The van der Waals surface area contributed by atoms with E-state index in [0.29, 0.717) is 0 Å². The van der Waals surface area contributed by atoms with E-state index in [0.717, 1.165) is 71.1 Å². The van der Waals surface area contributed by atoms with Gasteiger partial charge in [0.05, 0.1) is 36.9 Å². The number of nitrogens with zero attached hydrogens (tertiary/aromatic N) is 1. The predicted octanol–water partition coefficient (Wildman–Crippen LogP) is 2.97. The van der Waals surface area contributed by atoms with Gasteiger partial charge in [-0.05, 0) is 37.1 Å². The van der Waals surface area contributed by atoms with Crippen LogP contribution in [0.5, 0.6) is 0 Å². The van der Waals surface area contributed by atoms with E-state index < -0.39 is 0 Å². The molecule has 4 rings (SSSR count). The fraction of sp³-hybridized carbons (Fsp3) is 0.318. The lowest BCUT2D eigenvalue weighted by atomic mass is 10.0. The molecule has 0 spiro atoms. The summed E-state index contributed by atoms with van der Waals surface area (Å²) >= 11 is 6.34. The second-order valence-corrected chi connectivity index (χ2v) is 7.75. The lowest BCUT2D eigenvalue weighted by Crippen LogP contribution is -3.13. The van der Waals surface area contributed by atoms with Gasteiger partial charge in [0.2, 0.25) is 0 Å². The molecule has 1 aliphatic rings. The van der Waals surface area contributed by atoms with Crippen molar-refractivity contribution in [1.82, 2.24) is 0 Å². The van der Waals surface area contributed by atoms with E-state index in [2.05, 4.69) is 23.1 Å². The monoisotopic (exact) mass is 383 g/mol. The van der Waals surface area contributed by atoms with E-state index in [9.17, 15) is 4.79 Å². The Morgan fingerprint density at radius 3 is 2.59 bits per heavy atom. The molecule has 0 radical (unpaired) electrons. The number of para-hydroxylation sites is 1. The lowest BCUT2D eigenvalue weighted by Gasteiger charge is -2.34. The van der Waals surface area contributed by atoms with Crippen LogP contribution in [0.2, 0.25) is 5.02 Å². The van der Waals surface area contributed by atoms with Crippen LogP contribution < -0.4 is 15.4 Å². The zero-order chi connectivity index (χ0) is 19.0. The highest BCUT2D eigenvalue weighted by atomic mass is 35.5. The first-order valence-electron chi connectivity index (χ1n) is 9.39. The maximum absolute atomic E-state index is 12.1. The number of piperazine rings is 1. The number of aryl methyl sites for hydroxylation is 2. The molecule has 4 nitrogen and oxygen atoms in total. The first-order valence-corrected chi connectivity index (χ1v) is 9.76. The maximum Gasteiger partial charge on any atom is 0.336 e. The van der Waals surface area contributed by atoms with Gasteiger partial charge >= 0.3 is 5.63 Å². The summed E-state index contributed by atoms with van der Waals surface area (Å²) in [5, 5.41) is 1.86. The Hall–Kier alpha value is -2.30. The molecule has 5 heteroatoms. The van der Waals surface area contributed by atoms with Gasteiger partial charge in [-0.25, -0.2) is 4.79 Å². The van der Waals surface area contributed by atoms with Crippen LogP contribution in [0.15, 0.2) is 51.7 Å². The normalized spacial score (nSPS) is 15.4. The van der Waals surface area contributed by atoms with Crippen LogP contribution in [0.3, 0.4) is 0 Å². The number of hydrogen-bond donors (Lipinski definition) is 1. The van der Waals surface area contributed by atoms with E-state index in [1.165, 1.54) is 4.90 Å². The molecule has 140 valence electrons. The van der Waals surface area contributed by atoms with Gasteiger partial charge < -0.3 is 14.2 Å². The highest BCUT2D eigenvalue weighted by Gasteiger charge is 2.23. The van der Waals surface area contributed by atoms with Crippen molar-refractivity contribution in [3.8, 4) is 0 Å². The molecule has 0 atom stereocenters. The standard InChI is InChI=1S/C22H23ClN2O2/c1-15-7-8-18-17(13-21(26)27-22(18)16(15)2)14-24-9-11-25(12-10-24)20-6-4-3-5-19(20)23/h3-8,13H,9-12,14H2,1-2H3/p+1. The molecule has 2 aromatic carbocycles. The molecule has 1 N–H and O–H groups in total. The van der Waals surface area contributed by atoms with Crippen molar-refractivity contribution in [3.05, 3.63) is 74.6 Å². The Morgan fingerprint density at radius 2 is 1.85 bits per heavy atom. The minimum atomic E-state index is -0.264. The number of anilines is 1. The first-order chi connectivity index (χ1) is 13.0. The van der Waals surface area contributed by atoms with E-state index >= 15 is 0 Å². The molecular weight excluding hydrogens is 360 g/mol. The Labute approximate surface area is 164 Å². The molecule has 0 amide bonds. The smallest absolute Gasteiger partial charge is 0.336 e. The highest BCUT2D eigenvalue weighted by Crippen LogP contribution is 2.25. The third kappa shape index (κ3) is 3.60. The van der Waals surface area contributed by atoms with E-state index in [-0.39, 0.29) is 5.63 Å². The van der Waals surface area contributed by atoms with Crippen molar-refractivity contribution in [2.24, 2.45) is 0 Å². The molecule has 1 aliphatic heterocycles. The summed E-state index contributed by atoms with van der Waals surface area (Å²) in [7, 11) is 0. The Balaban J connectivity index is 1.54. The summed E-state index contributed by atoms with van der Waals surface area (Å²) in [6.45, 7) is 8.82. The van der Waals surface area contributed by atoms with Gasteiger partial charge in [0.15, 0.2) is 0 Å². The van der Waals surface area contributed by atoms with Crippen molar-refractivity contribution in [1.29, 1.82) is 0 Å². The predicted molar refractivity (Wildman–Crippen MR) is 110 cm³/mol. The van der Waals surface area contributed by atoms with Gasteiger partial charge in [-0.2, -0.15) is 0 Å². The van der Waals surface area contributed by atoms with Gasteiger partial charge in [0, 0.05) is 17.0 Å². The molecule has 27 heavy (non-hydrogen) atoms. The fourth-order valence-electron chi connectivity index (χ4n) is 3.89. The summed E-state index contributed by atoms with van der Waals surface area (Å²) in [6, 6.07) is 13.8. The van der Waals surface area contributed by atoms with Crippen molar-refractivity contribution in [2.45, 2.75) is 20.4 Å². The third-order valence-electron chi connectivity index (χ3n) is 5.62. The fourth-order valence-corrected chi connectivity index (χ4v) is 4.14. The van der Waals surface area contributed by atoms with Crippen LogP contribution in [0, 0.1) is 13.8 Å². The molecule has 1 aromatic heterocycles. The number of rotatable bonds is 3. The highest BCUT2D eigenvalue weighted by molar-refractivity contribution is 6.33. The molecule has 1 fully saturated rings. The van der Waals surface area contributed by atoms with Crippen molar-refractivity contribution in [2.75, 3.05) is 31.1 Å². The van der Waals surface area contributed by atoms with Crippen LogP contribution in [0.1, 0.15) is 16.7 Å². The van der Waals surface area contributed by atoms with E-state index in [4.69, 9.17) is 16.0 Å². The van der Waals surface area contributed by atoms with Crippen LogP contribution in [-0.4, -0.2) is 26.2 Å². The Kier molecular flexibility index (Phi) is 4.94.